The molecule has 1 fully saturated rings. The standard InChI is InChI=1S/C15H23BrN2/c1-17-15(9-3-11-18(2)12-15)10-8-13-4-6-14(16)7-5-13/h4-7,17H,3,8-12H2,1-2H3. The molecule has 0 aromatic heterocycles. The Kier molecular flexibility index (Phi) is 4.82. The first-order valence-corrected chi connectivity index (χ1v) is 7.55. The fourth-order valence-electron chi connectivity index (χ4n) is 2.93. The summed E-state index contributed by atoms with van der Waals surface area (Å²) in [5.41, 5.74) is 1.74. The van der Waals surface area contributed by atoms with E-state index in [2.05, 4.69) is 64.5 Å². The molecule has 1 saturated heterocycles. The highest BCUT2D eigenvalue weighted by Crippen LogP contribution is 2.25. The highest BCUT2D eigenvalue weighted by Gasteiger charge is 2.31. The van der Waals surface area contributed by atoms with Crippen LogP contribution in [0, 0.1) is 0 Å². The highest BCUT2D eigenvalue weighted by molar-refractivity contribution is 9.10. The van der Waals surface area contributed by atoms with Gasteiger partial charge in [0.15, 0.2) is 0 Å². The van der Waals surface area contributed by atoms with Gasteiger partial charge in [-0.3, -0.25) is 0 Å². The lowest BCUT2D eigenvalue weighted by molar-refractivity contribution is 0.143. The van der Waals surface area contributed by atoms with Crippen molar-refractivity contribution in [3.8, 4) is 0 Å². The molecular formula is C15H23BrN2. The van der Waals surface area contributed by atoms with Crippen LogP contribution in [-0.2, 0) is 6.42 Å². The largest absolute Gasteiger partial charge is 0.313 e. The number of likely N-dealkylation sites (N-methyl/N-ethyl adjacent to an activating group) is 2. The molecule has 0 bridgehead atoms. The Bertz CT molecular complexity index is 377. The number of nitrogens with zero attached hydrogens (tertiary/aromatic N) is 1. The molecule has 100 valence electrons. The second-order valence-electron chi connectivity index (χ2n) is 5.50. The van der Waals surface area contributed by atoms with Gasteiger partial charge in [0.25, 0.3) is 0 Å². The fraction of sp³-hybridized carbons (Fsp3) is 0.600. The first kappa shape index (κ1) is 14.0. The van der Waals surface area contributed by atoms with E-state index in [1.54, 1.807) is 0 Å². The molecule has 1 atom stereocenters. The molecule has 1 unspecified atom stereocenters. The van der Waals surface area contributed by atoms with Gasteiger partial charge in [-0.1, -0.05) is 28.1 Å². The number of piperidine rings is 1. The maximum Gasteiger partial charge on any atom is 0.0309 e. The number of hydrogen-bond donors (Lipinski definition) is 1. The summed E-state index contributed by atoms with van der Waals surface area (Å²) in [7, 11) is 4.34. The molecule has 18 heavy (non-hydrogen) atoms. The topological polar surface area (TPSA) is 15.3 Å². The number of hydrogen-bond acceptors (Lipinski definition) is 2. The normalized spacial score (nSPS) is 25.3. The summed E-state index contributed by atoms with van der Waals surface area (Å²) in [4.78, 5) is 2.45. The number of benzene rings is 1. The molecule has 0 spiro atoms. The van der Waals surface area contributed by atoms with Crippen LogP contribution >= 0.6 is 15.9 Å². The van der Waals surface area contributed by atoms with Crippen molar-refractivity contribution in [3.63, 3.8) is 0 Å². The van der Waals surface area contributed by atoms with Crippen LogP contribution in [0.3, 0.4) is 0 Å². The van der Waals surface area contributed by atoms with Crippen molar-refractivity contribution in [2.45, 2.75) is 31.2 Å². The first-order valence-electron chi connectivity index (χ1n) is 6.75. The molecule has 2 rings (SSSR count). The number of nitrogens with one attached hydrogen (secondary N) is 1. The van der Waals surface area contributed by atoms with E-state index in [1.165, 1.54) is 37.9 Å². The Morgan fingerprint density at radius 3 is 2.67 bits per heavy atom. The van der Waals surface area contributed by atoms with Crippen molar-refractivity contribution in [1.82, 2.24) is 10.2 Å². The summed E-state index contributed by atoms with van der Waals surface area (Å²) in [5.74, 6) is 0. The van der Waals surface area contributed by atoms with E-state index in [0.717, 1.165) is 10.9 Å². The van der Waals surface area contributed by atoms with Crippen molar-refractivity contribution in [2.75, 3.05) is 27.2 Å². The van der Waals surface area contributed by atoms with Crippen molar-refractivity contribution in [2.24, 2.45) is 0 Å². The summed E-state index contributed by atoms with van der Waals surface area (Å²) in [6, 6.07) is 8.71. The minimum absolute atomic E-state index is 0.306. The van der Waals surface area contributed by atoms with E-state index in [4.69, 9.17) is 0 Å². The van der Waals surface area contributed by atoms with Crippen LogP contribution in [0.25, 0.3) is 0 Å². The zero-order chi connectivity index (χ0) is 13.0. The first-order chi connectivity index (χ1) is 8.63. The Labute approximate surface area is 119 Å². The molecule has 1 aliphatic heterocycles. The zero-order valence-corrected chi connectivity index (χ0v) is 13.0. The Balaban J connectivity index is 1.96. The molecule has 1 N–H and O–H groups in total. The summed E-state index contributed by atoms with van der Waals surface area (Å²) >= 11 is 3.49. The smallest absolute Gasteiger partial charge is 0.0309 e. The zero-order valence-electron chi connectivity index (χ0n) is 11.4. The van der Waals surface area contributed by atoms with Crippen LogP contribution in [0.4, 0.5) is 0 Å². The van der Waals surface area contributed by atoms with Crippen LogP contribution in [0.15, 0.2) is 28.7 Å². The van der Waals surface area contributed by atoms with Crippen molar-refractivity contribution in [3.05, 3.63) is 34.3 Å². The Hall–Kier alpha value is -0.380. The van der Waals surface area contributed by atoms with E-state index in [9.17, 15) is 0 Å². The third kappa shape index (κ3) is 3.56. The highest BCUT2D eigenvalue weighted by atomic mass is 79.9. The molecule has 0 saturated carbocycles. The van der Waals surface area contributed by atoms with Gasteiger partial charge in [-0.25, -0.2) is 0 Å². The van der Waals surface area contributed by atoms with Crippen LogP contribution in [0.1, 0.15) is 24.8 Å². The lowest BCUT2D eigenvalue weighted by atomic mass is 9.84. The van der Waals surface area contributed by atoms with E-state index in [1.807, 2.05) is 0 Å². The van der Waals surface area contributed by atoms with Gasteiger partial charge in [-0.05, 0) is 64.0 Å². The van der Waals surface area contributed by atoms with Gasteiger partial charge in [-0.2, -0.15) is 0 Å². The van der Waals surface area contributed by atoms with Gasteiger partial charge in [-0.15, -0.1) is 0 Å². The summed E-state index contributed by atoms with van der Waals surface area (Å²) < 4.78 is 1.16. The maximum absolute atomic E-state index is 3.58. The van der Waals surface area contributed by atoms with Gasteiger partial charge in [0.2, 0.25) is 0 Å². The van der Waals surface area contributed by atoms with Gasteiger partial charge in [0.1, 0.15) is 0 Å². The van der Waals surface area contributed by atoms with E-state index >= 15 is 0 Å². The average molecular weight is 311 g/mol. The Morgan fingerprint density at radius 2 is 2.06 bits per heavy atom. The van der Waals surface area contributed by atoms with Gasteiger partial charge in [0.05, 0.1) is 0 Å². The lowest BCUT2D eigenvalue weighted by Gasteiger charge is -2.41. The quantitative estimate of drug-likeness (QED) is 0.919. The Morgan fingerprint density at radius 1 is 1.33 bits per heavy atom. The predicted molar refractivity (Wildman–Crippen MR) is 81.0 cm³/mol. The van der Waals surface area contributed by atoms with E-state index in [0.29, 0.717) is 5.54 Å². The number of aryl methyl sites for hydroxylation is 1. The second-order valence-corrected chi connectivity index (χ2v) is 6.41. The molecule has 2 nitrogen and oxygen atoms in total. The average Bonchev–Trinajstić information content (AvgIpc) is 2.38. The van der Waals surface area contributed by atoms with Gasteiger partial charge >= 0.3 is 0 Å². The molecule has 0 aliphatic carbocycles. The minimum atomic E-state index is 0.306. The number of likely N-dealkylation sites (tertiary alicyclic amines) is 1. The van der Waals surface area contributed by atoms with Gasteiger partial charge in [0, 0.05) is 16.6 Å². The van der Waals surface area contributed by atoms with Crippen LogP contribution in [0.5, 0.6) is 0 Å². The summed E-state index contributed by atoms with van der Waals surface area (Å²) in [6.07, 6.45) is 4.97. The molecule has 1 heterocycles. The molecule has 1 aromatic rings. The lowest BCUT2D eigenvalue weighted by Crippen LogP contribution is -2.55. The molecule has 1 aromatic carbocycles. The maximum atomic E-state index is 3.58. The molecule has 3 heteroatoms. The fourth-order valence-corrected chi connectivity index (χ4v) is 3.19. The SMILES string of the molecule is CNC1(CCc2ccc(Br)cc2)CCCN(C)C1. The third-order valence-electron chi connectivity index (χ3n) is 4.10. The summed E-state index contributed by atoms with van der Waals surface area (Å²) in [6.45, 7) is 2.40. The molecule has 0 amide bonds. The summed E-state index contributed by atoms with van der Waals surface area (Å²) in [5, 5.41) is 3.58. The van der Waals surface area contributed by atoms with E-state index < -0.39 is 0 Å². The molecular weight excluding hydrogens is 288 g/mol. The van der Waals surface area contributed by atoms with Crippen molar-refractivity contribution >= 4 is 15.9 Å². The van der Waals surface area contributed by atoms with E-state index in [-0.39, 0.29) is 0 Å². The molecule has 1 aliphatic rings. The second kappa shape index (κ2) is 6.18. The van der Waals surface area contributed by atoms with Crippen LogP contribution < -0.4 is 5.32 Å². The van der Waals surface area contributed by atoms with Crippen molar-refractivity contribution < 1.29 is 0 Å². The van der Waals surface area contributed by atoms with Crippen LogP contribution in [0.2, 0.25) is 0 Å². The van der Waals surface area contributed by atoms with Crippen LogP contribution in [-0.4, -0.2) is 37.6 Å². The van der Waals surface area contributed by atoms with Gasteiger partial charge < -0.3 is 10.2 Å². The minimum Gasteiger partial charge on any atom is -0.313 e. The number of halogens is 1. The number of rotatable bonds is 4. The predicted octanol–water partition coefficient (Wildman–Crippen LogP) is 3.07. The monoisotopic (exact) mass is 310 g/mol. The molecule has 0 radical (unpaired) electrons. The third-order valence-corrected chi connectivity index (χ3v) is 4.63. The van der Waals surface area contributed by atoms with Crippen molar-refractivity contribution in [1.29, 1.82) is 0 Å².